The van der Waals surface area contributed by atoms with E-state index in [0.717, 1.165) is 0 Å². The maximum absolute atomic E-state index is 11.8. The average molecular weight is 271 g/mol. The van der Waals surface area contributed by atoms with E-state index >= 15 is 0 Å². The first-order valence-corrected chi connectivity index (χ1v) is 6.76. The molecular formula is C11H17N3O3S. The SMILES string of the molecule is COc1ccc(S(=O)(=O)NN=CCN(C)C)cc1. The largest absolute Gasteiger partial charge is 0.497 e. The first-order valence-electron chi connectivity index (χ1n) is 5.28. The van der Waals surface area contributed by atoms with Crippen molar-refractivity contribution >= 4 is 16.2 Å². The van der Waals surface area contributed by atoms with Crippen molar-refractivity contribution in [3.63, 3.8) is 0 Å². The number of methoxy groups -OCH3 is 1. The second-order valence-electron chi connectivity index (χ2n) is 3.84. The molecule has 1 rings (SSSR count). The van der Waals surface area contributed by atoms with E-state index in [1.165, 1.54) is 25.5 Å². The number of hydrogen-bond donors (Lipinski definition) is 1. The predicted molar refractivity (Wildman–Crippen MR) is 70.4 cm³/mol. The number of benzene rings is 1. The van der Waals surface area contributed by atoms with Gasteiger partial charge in [-0.2, -0.15) is 13.5 Å². The Morgan fingerprint density at radius 1 is 1.33 bits per heavy atom. The van der Waals surface area contributed by atoms with Gasteiger partial charge >= 0.3 is 0 Å². The van der Waals surface area contributed by atoms with Crippen LogP contribution in [0.5, 0.6) is 5.75 Å². The minimum Gasteiger partial charge on any atom is -0.497 e. The molecule has 0 amide bonds. The Labute approximate surface area is 107 Å². The second kappa shape index (κ2) is 6.36. The van der Waals surface area contributed by atoms with Gasteiger partial charge in [0.1, 0.15) is 5.75 Å². The molecule has 0 unspecified atom stereocenters. The van der Waals surface area contributed by atoms with E-state index in [1.54, 1.807) is 12.1 Å². The zero-order valence-corrected chi connectivity index (χ0v) is 11.4. The number of sulfonamides is 1. The van der Waals surface area contributed by atoms with Gasteiger partial charge in [-0.1, -0.05) is 0 Å². The maximum atomic E-state index is 11.8. The fourth-order valence-electron chi connectivity index (χ4n) is 1.12. The Morgan fingerprint density at radius 2 is 1.94 bits per heavy atom. The molecule has 0 aliphatic carbocycles. The summed E-state index contributed by atoms with van der Waals surface area (Å²) >= 11 is 0. The van der Waals surface area contributed by atoms with E-state index in [-0.39, 0.29) is 4.90 Å². The van der Waals surface area contributed by atoms with Crippen molar-refractivity contribution in [1.29, 1.82) is 0 Å². The standard InChI is InChI=1S/C11H17N3O3S/c1-14(2)9-8-12-13-18(15,16)11-6-4-10(17-3)5-7-11/h4-8,13H,9H2,1-3H3. The molecule has 7 heteroatoms. The molecule has 18 heavy (non-hydrogen) atoms. The predicted octanol–water partition coefficient (Wildman–Crippen LogP) is 0.521. The summed E-state index contributed by atoms with van der Waals surface area (Å²) in [5.74, 6) is 0.602. The van der Waals surface area contributed by atoms with Crippen LogP contribution >= 0.6 is 0 Å². The highest BCUT2D eigenvalue weighted by Crippen LogP contribution is 2.14. The summed E-state index contributed by atoms with van der Waals surface area (Å²) in [5.41, 5.74) is 0. The average Bonchev–Trinajstić information content (AvgIpc) is 2.34. The van der Waals surface area contributed by atoms with Crippen LogP contribution in [0.3, 0.4) is 0 Å². The van der Waals surface area contributed by atoms with Gasteiger partial charge in [0.15, 0.2) is 0 Å². The fourth-order valence-corrected chi connectivity index (χ4v) is 1.93. The Morgan fingerprint density at radius 3 is 2.44 bits per heavy atom. The van der Waals surface area contributed by atoms with Crippen molar-refractivity contribution < 1.29 is 13.2 Å². The lowest BCUT2D eigenvalue weighted by Crippen LogP contribution is -2.20. The van der Waals surface area contributed by atoms with Crippen LogP contribution < -0.4 is 9.57 Å². The second-order valence-corrected chi connectivity index (χ2v) is 5.51. The molecule has 0 aromatic heterocycles. The van der Waals surface area contributed by atoms with Gasteiger partial charge in [-0.3, -0.25) is 0 Å². The summed E-state index contributed by atoms with van der Waals surface area (Å²) in [6.45, 7) is 0.561. The van der Waals surface area contributed by atoms with Gasteiger partial charge in [-0.05, 0) is 38.4 Å². The summed E-state index contributed by atoms with van der Waals surface area (Å²) in [5, 5.41) is 3.67. The topological polar surface area (TPSA) is 71.0 Å². The third-order valence-corrected chi connectivity index (χ3v) is 3.32. The summed E-state index contributed by atoms with van der Waals surface area (Å²) in [6, 6.07) is 6.08. The first-order chi connectivity index (χ1) is 8.45. The van der Waals surface area contributed by atoms with Gasteiger partial charge in [0, 0.05) is 12.8 Å². The summed E-state index contributed by atoms with van der Waals surface area (Å²) in [6.07, 6.45) is 1.49. The van der Waals surface area contributed by atoms with E-state index in [2.05, 4.69) is 9.93 Å². The van der Waals surface area contributed by atoms with Crippen LogP contribution in [-0.4, -0.2) is 47.3 Å². The highest BCUT2D eigenvalue weighted by atomic mass is 32.2. The molecule has 0 spiro atoms. The third-order valence-electron chi connectivity index (χ3n) is 2.08. The lowest BCUT2D eigenvalue weighted by Gasteiger charge is -2.06. The highest BCUT2D eigenvalue weighted by Gasteiger charge is 2.12. The molecule has 0 aliphatic rings. The number of ether oxygens (including phenoxy) is 1. The van der Waals surface area contributed by atoms with E-state index in [4.69, 9.17) is 4.74 Å². The third kappa shape index (κ3) is 4.34. The summed E-state index contributed by atoms with van der Waals surface area (Å²) < 4.78 is 28.6. The quantitative estimate of drug-likeness (QED) is 0.605. The van der Waals surface area contributed by atoms with Crippen molar-refractivity contribution in [3.05, 3.63) is 24.3 Å². The van der Waals surface area contributed by atoms with Crippen LogP contribution in [0.15, 0.2) is 34.3 Å². The molecule has 1 N–H and O–H groups in total. The molecule has 0 radical (unpaired) electrons. The van der Waals surface area contributed by atoms with Crippen molar-refractivity contribution in [1.82, 2.24) is 9.73 Å². The lowest BCUT2D eigenvalue weighted by molar-refractivity contribution is 0.414. The number of hydrogen-bond acceptors (Lipinski definition) is 5. The Kier molecular flexibility index (Phi) is 5.11. The summed E-state index contributed by atoms with van der Waals surface area (Å²) in [4.78, 5) is 4.15. The van der Waals surface area contributed by atoms with Crippen molar-refractivity contribution in [2.24, 2.45) is 5.10 Å². The van der Waals surface area contributed by atoms with Gasteiger partial charge in [-0.15, -0.1) is 0 Å². The van der Waals surface area contributed by atoms with Gasteiger partial charge in [0.05, 0.1) is 12.0 Å². The molecule has 0 heterocycles. The van der Waals surface area contributed by atoms with Crippen LogP contribution in [0.1, 0.15) is 0 Å². The maximum Gasteiger partial charge on any atom is 0.276 e. The van der Waals surface area contributed by atoms with Crippen LogP contribution in [-0.2, 0) is 10.0 Å². The zero-order valence-electron chi connectivity index (χ0n) is 10.6. The van der Waals surface area contributed by atoms with Crippen LogP contribution in [0.2, 0.25) is 0 Å². The first kappa shape index (κ1) is 14.5. The molecule has 0 saturated heterocycles. The van der Waals surface area contributed by atoms with Gasteiger partial charge in [-0.25, -0.2) is 4.83 Å². The molecule has 0 bridgehead atoms. The van der Waals surface area contributed by atoms with E-state index in [0.29, 0.717) is 12.3 Å². The molecule has 0 atom stereocenters. The van der Waals surface area contributed by atoms with Gasteiger partial charge in [0.25, 0.3) is 10.0 Å². The zero-order chi connectivity index (χ0) is 13.6. The molecule has 100 valence electrons. The molecule has 1 aromatic carbocycles. The molecule has 6 nitrogen and oxygen atoms in total. The number of hydrazone groups is 1. The fraction of sp³-hybridized carbons (Fsp3) is 0.364. The van der Waals surface area contributed by atoms with Gasteiger partial charge in [0.2, 0.25) is 0 Å². The number of nitrogens with one attached hydrogen (secondary N) is 1. The lowest BCUT2D eigenvalue weighted by atomic mass is 10.3. The van der Waals surface area contributed by atoms with E-state index in [1.807, 2.05) is 19.0 Å². The molecule has 0 fully saturated rings. The Balaban J connectivity index is 2.70. The van der Waals surface area contributed by atoms with Crippen molar-refractivity contribution in [3.8, 4) is 5.75 Å². The number of nitrogens with zero attached hydrogens (tertiary/aromatic N) is 2. The van der Waals surface area contributed by atoms with Crippen molar-refractivity contribution in [2.45, 2.75) is 4.90 Å². The summed E-state index contributed by atoms with van der Waals surface area (Å²) in [7, 11) is 1.65. The Hall–Kier alpha value is -1.60. The van der Waals surface area contributed by atoms with Gasteiger partial charge < -0.3 is 9.64 Å². The number of rotatable bonds is 6. The van der Waals surface area contributed by atoms with E-state index in [9.17, 15) is 8.42 Å². The highest BCUT2D eigenvalue weighted by molar-refractivity contribution is 7.89. The van der Waals surface area contributed by atoms with Crippen molar-refractivity contribution in [2.75, 3.05) is 27.7 Å². The minimum atomic E-state index is -3.61. The van der Waals surface area contributed by atoms with Crippen LogP contribution in [0.4, 0.5) is 0 Å². The molecule has 0 aliphatic heterocycles. The monoisotopic (exact) mass is 271 g/mol. The van der Waals surface area contributed by atoms with Crippen LogP contribution in [0.25, 0.3) is 0 Å². The molecule has 1 aromatic rings. The van der Waals surface area contributed by atoms with E-state index < -0.39 is 10.0 Å². The minimum absolute atomic E-state index is 0.144. The van der Waals surface area contributed by atoms with Crippen LogP contribution in [0, 0.1) is 0 Å². The Bertz CT molecular complexity index is 495. The smallest absolute Gasteiger partial charge is 0.276 e. The molecular weight excluding hydrogens is 254 g/mol. The molecule has 0 saturated carbocycles. The normalized spacial score (nSPS) is 12.0.